The van der Waals surface area contributed by atoms with Crippen LogP contribution in [-0.4, -0.2) is 45.4 Å². The van der Waals surface area contributed by atoms with Crippen molar-refractivity contribution in [2.45, 2.75) is 32.6 Å². The molecule has 0 aromatic heterocycles. The normalized spacial score (nSPS) is 14.0. The summed E-state index contributed by atoms with van der Waals surface area (Å²) in [7, 11) is 3.97. The van der Waals surface area contributed by atoms with Crippen molar-refractivity contribution in [3.8, 4) is 0 Å². The predicted octanol–water partition coefficient (Wildman–Crippen LogP) is 2.70. The maximum atomic E-state index is 11.3. The molecular weight excluding hydrogens is 225 g/mol. The lowest BCUT2D eigenvalue weighted by Gasteiger charge is -2.23. The van der Waals surface area contributed by atoms with Crippen molar-refractivity contribution in [3.05, 3.63) is 0 Å². The van der Waals surface area contributed by atoms with Crippen molar-refractivity contribution >= 4 is 8.25 Å². The first-order chi connectivity index (χ1) is 7.45. The number of rotatable bonds is 10. The van der Waals surface area contributed by atoms with Crippen LogP contribution < -0.4 is 0 Å². The molecule has 98 valence electrons. The second kappa shape index (κ2) is 9.17. The van der Waals surface area contributed by atoms with E-state index in [-0.39, 0.29) is 0 Å². The Kier molecular flexibility index (Phi) is 9.24. The molecule has 0 aromatic carbocycles. The molecule has 0 fully saturated rings. The maximum absolute atomic E-state index is 11.3. The molecule has 0 aliphatic carbocycles. The van der Waals surface area contributed by atoms with Crippen LogP contribution in [0.25, 0.3) is 0 Å². The lowest BCUT2D eigenvalue weighted by molar-refractivity contribution is -0.870. The van der Waals surface area contributed by atoms with Gasteiger partial charge in [0.05, 0.1) is 27.7 Å². The fourth-order valence-electron chi connectivity index (χ4n) is 1.13. The van der Waals surface area contributed by atoms with E-state index in [1.165, 1.54) is 12.8 Å². The van der Waals surface area contributed by atoms with E-state index < -0.39 is 8.25 Å². The van der Waals surface area contributed by atoms with E-state index in [9.17, 15) is 4.57 Å². The molecule has 0 heterocycles. The fourth-order valence-corrected chi connectivity index (χ4v) is 1.78. The van der Waals surface area contributed by atoms with E-state index in [0.717, 1.165) is 23.9 Å². The monoisotopic (exact) mass is 252 g/mol. The van der Waals surface area contributed by atoms with E-state index in [2.05, 4.69) is 28.1 Å². The van der Waals surface area contributed by atoms with Gasteiger partial charge in [-0.25, -0.2) is 0 Å². The molecule has 0 bridgehead atoms. The van der Waals surface area contributed by atoms with Crippen molar-refractivity contribution in [1.29, 1.82) is 0 Å². The van der Waals surface area contributed by atoms with Crippen LogP contribution in [0.15, 0.2) is 0 Å². The Morgan fingerprint density at radius 3 is 2.19 bits per heavy atom. The summed E-state index contributed by atoms with van der Waals surface area (Å²) in [5.41, 5.74) is 0. The van der Waals surface area contributed by atoms with Gasteiger partial charge < -0.3 is 13.5 Å². The average molecular weight is 252 g/mol. The molecule has 0 amide bonds. The van der Waals surface area contributed by atoms with Crippen molar-refractivity contribution in [3.63, 3.8) is 0 Å². The number of quaternary nitrogens is 1. The van der Waals surface area contributed by atoms with Gasteiger partial charge in [-0.15, -0.1) is 0 Å². The third-order valence-electron chi connectivity index (χ3n) is 2.20. The van der Waals surface area contributed by atoms with Gasteiger partial charge in [-0.2, -0.15) is 0 Å². The summed E-state index contributed by atoms with van der Waals surface area (Å²) in [5, 5.41) is 0. The fraction of sp³-hybridized carbons (Fsp3) is 1.00. The number of unbranched alkanes of at least 4 members (excludes halogenated alkanes) is 3. The Hall–Kier alpha value is 0.110. The van der Waals surface area contributed by atoms with Crippen LogP contribution in [0.5, 0.6) is 0 Å². The summed E-state index contributed by atoms with van der Waals surface area (Å²) < 4.78 is 22.4. The van der Waals surface area contributed by atoms with Gasteiger partial charge in [-0.1, -0.05) is 26.2 Å². The quantitative estimate of drug-likeness (QED) is 0.341. The van der Waals surface area contributed by atoms with Crippen LogP contribution in [0.3, 0.4) is 0 Å². The van der Waals surface area contributed by atoms with E-state index >= 15 is 0 Å². The van der Waals surface area contributed by atoms with Crippen LogP contribution in [0, 0.1) is 0 Å². The van der Waals surface area contributed by atoms with Crippen LogP contribution in [0.2, 0.25) is 0 Å². The largest absolute Gasteiger partial charge is 0.329 e. The Balaban J connectivity index is 3.32. The summed E-state index contributed by atoms with van der Waals surface area (Å²) in [6.45, 7) is 4.06. The zero-order chi connectivity index (χ0) is 12.4. The average Bonchev–Trinajstić information content (AvgIpc) is 2.15. The molecule has 0 radical (unpaired) electrons. The highest BCUT2D eigenvalue weighted by Crippen LogP contribution is 2.23. The SMILES string of the molecule is CCCCCCO[PH](=O)OCC[N+](C)(C)C. The number of hydrogen-bond donors (Lipinski definition) is 0. The molecule has 4 nitrogen and oxygen atoms in total. The summed E-state index contributed by atoms with van der Waals surface area (Å²) in [5.74, 6) is 0. The van der Waals surface area contributed by atoms with Gasteiger partial charge >= 0.3 is 8.25 Å². The van der Waals surface area contributed by atoms with Gasteiger partial charge in [0.15, 0.2) is 0 Å². The first-order valence-corrected chi connectivity index (χ1v) is 7.28. The first-order valence-electron chi connectivity index (χ1n) is 6.05. The molecule has 16 heavy (non-hydrogen) atoms. The lowest BCUT2D eigenvalue weighted by atomic mass is 10.2. The standard InChI is InChI=1S/C11H27NO3P/c1-5-6-7-8-10-14-16(13)15-11-9-12(2,3)4/h16H,5-11H2,1-4H3/q+1. The van der Waals surface area contributed by atoms with Crippen LogP contribution in [-0.2, 0) is 13.6 Å². The highest BCUT2D eigenvalue weighted by molar-refractivity contribution is 7.33. The topological polar surface area (TPSA) is 35.5 Å². The second-order valence-electron chi connectivity index (χ2n) is 5.02. The van der Waals surface area contributed by atoms with Gasteiger partial charge in [-0.05, 0) is 6.42 Å². The van der Waals surface area contributed by atoms with E-state index in [0.29, 0.717) is 13.2 Å². The zero-order valence-electron chi connectivity index (χ0n) is 11.1. The number of likely N-dealkylation sites (N-methyl/N-ethyl adjacent to an activating group) is 1. The van der Waals surface area contributed by atoms with Gasteiger partial charge in [0, 0.05) is 0 Å². The van der Waals surface area contributed by atoms with Crippen molar-refractivity contribution in [2.75, 3.05) is 40.9 Å². The molecule has 0 saturated heterocycles. The van der Waals surface area contributed by atoms with Crippen molar-refractivity contribution in [2.24, 2.45) is 0 Å². The van der Waals surface area contributed by atoms with E-state index in [4.69, 9.17) is 9.05 Å². The molecular formula is C11H27NO3P+. The van der Waals surface area contributed by atoms with Crippen molar-refractivity contribution < 1.29 is 18.1 Å². The Morgan fingerprint density at radius 1 is 1.00 bits per heavy atom. The smallest absolute Gasteiger partial charge is 0.319 e. The second-order valence-corrected chi connectivity index (χ2v) is 6.10. The molecule has 1 unspecified atom stereocenters. The Bertz CT molecular complexity index is 192. The first kappa shape index (κ1) is 16.1. The highest BCUT2D eigenvalue weighted by atomic mass is 31.1. The minimum Gasteiger partial charge on any atom is -0.329 e. The van der Waals surface area contributed by atoms with Gasteiger partial charge in [0.25, 0.3) is 0 Å². The molecule has 0 saturated carbocycles. The molecule has 0 aliphatic heterocycles. The van der Waals surface area contributed by atoms with Crippen LogP contribution in [0.1, 0.15) is 32.6 Å². The third kappa shape index (κ3) is 12.2. The van der Waals surface area contributed by atoms with Gasteiger partial charge in [0.2, 0.25) is 0 Å². The van der Waals surface area contributed by atoms with Gasteiger partial charge in [0.1, 0.15) is 13.2 Å². The predicted molar refractivity (Wildman–Crippen MR) is 67.9 cm³/mol. The maximum Gasteiger partial charge on any atom is 0.319 e. The lowest BCUT2D eigenvalue weighted by Crippen LogP contribution is -2.37. The Labute approximate surface area is 100 Å². The molecule has 0 spiro atoms. The molecule has 5 heteroatoms. The summed E-state index contributed by atoms with van der Waals surface area (Å²) in [6, 6.07) is 0. The molecule has 0 aromatic rings. The van der Waals surface area contributed by atoms with Crippen LogP contribution in [0.4, 0.5) is 0 Å². The van der Waals surface area contributed by atoms with Gasteiger partial charge in [-0.3, -0.25) is 4.57 Å². The summed E-state index contributed by atoms with van der Waals surface area (Å²) >= 11 is 0. The summed E-state index contributed by atoms with van der Waals surface area (Å²) in [4.78, 5) is 0. The van der Waals surface area contributed by atoms with E-state index in [1.807, 2.05) is 0 Å². The highest BCUT2D eigenvalue weighted by Gasteiger charge is 2.08. The molecule has 0 N–H and O–H groups in total. The van der Waals surface area contributed by atoms with Crippen molar-refractivity contribution in [1.82, 2.24) is 0 Å². The third-order valence-corrected chi connectivity index (χ3v) is 3.08. The van der Waals surface area contributed by atoms with E-state index in [1.54, 1.807) is 0 Å². The summed E-state index contributed by atoms with van der Waals surface area (Å²) in [6.07, 6.45) is 4.54. The van der Waals surface area contributed by atoms with Crippen LogP contribution >= 0.6 is 8.25 Å². The number of nitrogens with zero attached hydrogens (tertiary/aromatic N) is 1. The minimum atomic E-state index is -2.26. The molecule has 0 rings (SSSR count). The zero-order valence-corrected chi connectivity index (χ0v) is 12.1. The molecule has 0 aliphatic rings. The number of hydrogen-bond acceptors (Lipinski definition) is 3. The molecule has 1 atom stereocenters. The minimum absolute atomic E-state index is 0.496. The Morgan fingerprint density at radius 2 is 1.62 bits per heavy atom.